The van der Waals surface area contributed by atoms with Gasteiger partial charge in [0.05, 0.1) is 23.4 Å². The maximum atomic E-state index is 12.8. The quantitative estimate of drug-likeness (QED) is 0.538. The molecule has 3 aromatic carbocycles. The molecule has 1 aliphatic heterocycles. The molecule has 140 valence electrons. The van der Waals surface area contributed by atoms with Crippen LogP contribution in [0, 0.1) is 11.3 Å². The molecule has 1 aromatic heterocycles. The number of hydrogen-bond donors (Lipinski definition) is 0. The first-order valence-corrected chi connectivity index (χ1v) is 9.77. The molecule has 4 heteroatoms. The predicted octanol–water partition coefficient (Wildman–Crippen LogP) is 4.20. The van der Waals surface area contributed by atoms with Crippen molar-refractivity contribution in [1.29, 1.82) is 5.26 Å². The van der Waals surface area contributed by atoms with Crippen LogP contribution in [0.2, 0.25) is 0 Å². The summed E-state index contributed by atoms with van der Waals surface area (Å²) in [6.07, 6.45) is 1.09. The van der Waals surface area contributed by atoms with Crippen LogP contribution < -0.4 is 5.56 Å². The van der Waals surface area contributed by atoms with Crippen molar-refractivity contribution in [2.24, 2.45) is 0 Å². The molecule has 2 heterocycles. The van der Waals surface area contributed by atoms with Gasteiger partial charge in [-0.15, -0.1) is 0 Å². The van der Waals surface area contributed by atoms with Crippen LogP contribution in [0.3, 0.4) is 0 Å². The maximum Gasteiger partial charge on any atom is 0.280 e. The molecule has 1 aliphatic rings. The topological polar surface area (TPSA) is 58.7 Å². The van der Waals surface area contributed by atoms with Gasteiger partial charge in [-0.1, -0.05) is 60.7 Å². The van der Waals surface area contributed by atoms with Gasteiger partial charge in [0.15, 0.2) is 0 Å². The predicted molar refractivity (Wildman–Crippen MR) is 113 cm³/mol. The molecule has 4 nitrogen and oxygen atoms in total. The van der Waals surface area contributed by atoms with Gasteiger partial charge in [0, 0.05) is 12.5 Å². The molecule has 5 rings (SSSR count). The van der Waals surface area contributed by atoms with Gasteiger partial charge in [-0.25, -0.2) is 0 Å². The van der Waals surface area contributed by atoms with E-state index < -0.39 is 0 Å². The van der Waals surface area contributed by atoms with Gasteiger partial charge in [-0.05, 0) is 40.8 Å². The van der Waals surface area contributed by atoms with E-state index >= 15 is 0 Å². The van der Waals surface area contributed by atoms with E-state index in [1.54, 1.807) is 0 Å². The van der Waals surface area contributed by atoms with Crippen LogP contribution in [0.25, 0.3) is 10.9 Å². The molecule has 0 amide bonds. The van der Waals surface area contributed by atoms with Crippen molar-refractivity contribution >= 4 is 10.9 Å². The fourth-order valence-corrected chi connectivity index (χ4v) is 4.43. The minimum atomic E-state index is -0.179. The third-order valence-corrected chi connectivity index (χ3v) is 5.80. The van der Waals surface area contributed by atoms with Crippen LogP contribution in [0.4, 0.5) is 0 Å². The lowest BCUT2D eigenvalue weighted by molar-refractivity contribution is 0.602. The van der Waals surface area contributed by atoms with Crippen molar-refractivity contribution < 1.29 is 0 Å². The van der Waals surface area contributed by atoms with Crippen molar-refractivity contribution in [1.82, 2.24) is 9.55 Å². The maximum absolute atomic E-state index is 12.8. The number of benzene rings is 3. The number of aromatic nitrogens is 2. The Morgan fingerprint density at radius 3 is 2.55 bits per heavy atom. The van der Waals surface area contributed by atoms with Crippen molar-refractivity contribution in [3.05, 3.63) is 111 Å². The van der Waals surface area contributed by atoms with Gasteiger partial charge in [0.1, 0.15) is 5.82 Å². The molecule has 0 saturated carbocycles. The minimum Gasteiger partial charge on any atom is -0.324 e. The number of nitriles is 1. The summed E-state index contributed by atoms with van der Waals surface area (Å²) in [6, 6.07) is 26.4. The van der Waals surface area contributed by atoms with Crippen molar-refractivity contribution in [2.75, 3.05) is 0 Å². The summed E-state index contributed by atoms with van der Waals surface area (Å²) < 4.78 is 2.18. The summed E-state index contributed by atoms with van der Waals surface area (Å²) in [4.78, 5) is 17.3. The molecule has 0 saturated heterocycles. The van der Waals surface area contributed by atoms with Gasteiger partial charge < -0.3 is 4.57 Å². The van der Waals surface area contributed by atoms with E-state index in [9.17, 15) is 10.1 Å². The standard InChI is InChI=1S/C25H19N3O/c26-14-13-17-7-1-2-8-18(17)15-22-20-10-4-3-9-19(20)16-28-23-12-6-5-11-21(23)25(29)27-24(22)28/h1-12,22H,13,15-16H2. The van der Waals surface area contributed by atoms with Crippen LogP contribution in [-0.2, 0) is 19.4 Å². The summed E-state index contributed by atoms with van der Waals surface area (Å²) in [5.74, 6) is 0.774. The lowest BCUT2D eigenvalue weighted by atomic mass is 9.84. The Hall–Kier alpha value is -3.71. The number of para-hydroxylation sites is 1. The Morgan fingerprint density at radius 1 is 0.966 bits per heavy atom. The van der Waals surface area contributed by atoms with E-state index in [4.69, 9.17) is 0 Å². The summed E-state index contributed by atoms with van der Waals surface area (Å²) in [5.41, 5.74) is 5.37. The Balaban J connectivity index is 1.73. The zero-order chi connectivity index (χ0) is 19.8. The fraction of sp³-hybridized carbons (Fsp3) is 0.160. The first kappa shape index (κ1) is 17.4. The fourth-order valence-electron chi connectivity index (χ4n) is 4.43. The molecule has 0 radical (unpaired) electrons. The Labute approximate surface area is 168 Å². The SMILES string of the molecule is N#CCc1ccccc1CC1c2ccccc2Cn2c1nc(=O)c1ccccc12. The van der Waals surface area contributed by atoms with Crippen LogP contribution in [-0.4, -0.2) is 9.55 Å². The average molecular weight is 377 g/mol. The molecule has 0 spiro atoms. The summed E-state index contributed by atoms with van der Waals surface area (Å²) >= 11 is 0. The highest BCUT2D eigenvalue weighted by molar-refractivity contribution is 5.78. The van der Waals surface area contributed by atoms with Crippen LogP contribution in [0.5, 0.6) is 0 Å². The van der Waals surface area contributed by atoms with E-state index in [1.165, 1.54) is 11.1 Å². The second-order valence-corrected chi connectivity index (χ2v) is 7.44. The average Bonchev–Trinajstić information content (AvgIpc) is 2.76. The van der Waals surface area contributed by atoms with Gasteiger partial charge in [-0.3, -0.25) is 4.79 Å². The van der Waals surface area contributed by atoms with Crippen LogP contribution in [0.1, 0.15) is 34.0 Å². The number of rotatable bonds is 3. The second kappa shape index (κ2) is 7.03. The largest absolute Gasteiger partial charge is 0.324 e. The third kappa shape index (κ3) is 2.92. The highest BCUT2D eigenvalue weighted by atomic mass is 16.1. The van der Waals surface area contributed by atoms with Gasteiger partial charge in [-0.2, -0.15) is 10.2 Å². The molecule has 1 atom stereocenters. The normalized spacial score (nSPS) is 14.8. The molecule has 0 fully saturated rings. The summed E-state index contributed by atoms with van der Waals surface area (Å²) in [6.45, 7) is 0.704. The van der Waals surface area contributed by atoms with Crippen LogP contribution >= 0.6 is 0 Å². The molecule has 0 N–H and O–H groups in total. The lowest BCUT2D eigenvalue weighted by Crippen LogP contribution is -2.28. The molecular weight excluding hydrogens is 358 g/mol. The zero-order valence-corrected chi connectivity index (χ0v) is 15.9. The van der Waals surface area contributed by atoms with E-state index in [1.807, 2.05) is 48.5 Å². The second-order valence-electron chi connectivity index (χ2n) is 7.44. The first-order valence-electron chi connectivity index (χ1n) is 9.77. The Kier molecular flexibility index (Phi) is 4.22. The minimum absolute atomic E-state index is 0.0305. The summed E-state index contributed by atoms with van der Waals surface area (Å²) in [5, 5.41) is 9.86. The van der Waals surface area contributed by atoms with E-state index in [0.717, 1.165) is 22.5 Å². The first-order chi connectivity index (χ1) is 14.3. The smallest absolute Gasteiger partial charge is 0.280 e. The Morgan fingerprint density at radius 2 is 1.69 bits per heavy atom. The van der Waals surface area contributed by atoms with Gasteiger partial charge >= 0.3 is 0 Å². The number of nitrogens with zero attached hydrogens (tertiary/aromatic N) is 3. The van der Waals surface area contributed by atoms with E-state index in [2.05, 4.69) is 39.9 Å². The zero-order valence-electron chi connectivity index (χ0n) is 15.9. The number of hydrogen-bond acceptors (Lipinski definition) is 3. The molecular formula is C25H19N3O. The Bertz CT molecular complexity index is 1330. The number of fused-ring (bicyclic) bond motifs is 4. The molecule has 0 bridgehead atoms. The van der Waals surface area contributed by atoms with Crippen molar-refractivity contribution in [2.45, 2.75) is 25.3 Å². The van der Waals surface area contributed by atoms with Gasteiger partial charge in [0.2, 0.25) is 0 Å². The highest BCUT2D eigenvalue weighted by Gasteiger charge is 2.29. The summed E-state index contributed by atoms with van der Waals surface area (Å²) in [7, 11) is 0. The molecule has 0 aliphatic carbocycles. The van der Waals surface area contributed by atoms with Crippen LogP contribution in [0.15, 0.2) is 77.6 Å². The monoisotopic (exact) mass is 377 g/mol. The molecule has 1 unspecified atom stereocenters. The van der Waals surface area contributed by atoms with Crippen molar-refractivity contribution in [3.63, 3.8) is 0 Å². The molecule has 4 aromatic rings. The molecule has 29 heavy (non-hydrogen) atoms. The van der Waals surface area contributed by atoms with E-state index in [0.29, 0.717) is 24.8 Å². The lowest BCUT2D eigenvalue weighted by Gasteiger charge is -2.30. The highest BCUT2D eigenvalue weighted by Crippen LogP contribution is 2.36. The third-order valence-electron chi connectivity index (χ3n) is 5.80. The van der Waals surface area contributed by atoms with E-state index in [-0.39, 0.29) is 11.5 Å². The van der Waals surface area contributed by atoms with Crippen molar-refractivity contribution in [3.8, 4) is 6.07 Å². The van der Waals surface area contributed by atoms with Gasteiger partial charge in [0.25, 0.3) is 5.56 Å².